The van der Waals surface area contributed by atoms with Crippen LogP contribution in [0, 0.1) is 0 Å². The van der Waals surface area contributed by atoms with Crippen LogP contribution in [-0.4, -0.2) is 72.3 Å². The first-order valence-electron chi connectivity index (χ1n) is 8.81. The van der Waals surface area contributed by atoms with Gasteiger partial charge < -0.3 is 20.6 Å². The lowest BCUT2D eigenvalue weighted by atomic mass is 10.1. The molecule has 2 fully saturated rings. The molecule has 0 aliphatic carbocycles. The lowest BCUT2D eigenvalue weighted by Gasteiger charge is -2.29. The SMILES string of the molecule is CCNC(=NCCCN1CCC(O)CC1)NC1CCCSC1. The molecule has 5 nitrogen and oxygen atoms in total. The molecule has 0 saturated carbocycles. The molecule has 0 amide bonds. The number of nitrogens with zero attached hydrogens (tertiary/aromatic N) is 2. The van der Waals surface area contributed by atoms with Gasteiger partial charge in [-0.3, -0.25) is 4.99 Å². The average Bonchev–Trinajstić information content (AvgIpc) is 2.54. The van der Waals surface area contributed by atoms with Crippen molar-refractivity contribution in [3.63, 3.8) is 0 Å². The summed E-state index contributed by atoms with van der Waals surface area (Å²) in [4.78, 5) is 7.16. The van der Waals surface area contributed by atoms with Gasteiger partial charge >= 0.3 is 0 Å². The minimum Gasteiger partial charge on any atom is -0.393 e. The highest BCUT2D eigenvalue weighted by Crippen LogP contribution is 2.16. The van der Waals surface area contributed by atoms with Crippen LogP contribution in [0.25, 0.3) is 0 Å². The molecule has 0 aromatic heterocycles. The van der Waals surface area contributed by atoms with Crippen LogP contribution in [0.1, 0.15) is 39.0 Å². The van der Waals surface area contributed by atoms with E-state index in [1.54, 1.807) is 0 Å². The number of likely N-dealkylation sites (tertiary alicyclic amines) is 1. The van der Waals surface area contributed by atoms with Crippen LogP contribution in [0.4, 0.5) is 0 Å². The second-order valence-corrected chi connectivity index (χ2v) is 7.40. The molecule has 2 heterocycles. The molecule has 128 valence electrons. The molecule has 0 aromatic rings. The Bertz CT molecular complexity index is 326. The molecular formula is C16H32N4OS. The van der Waals surface area contributed by atoms with E-state index in [0.717, 1.165) is 57.9 Å². The van der Waals surface area contributed by atoms with E-state index in [9.17, 15) is 5.11 Å². The van der Waals surface area contributed by atoms with E-state index < -0.39 is 0 Å². The van der Waals surface area contributed by atoms with Gasteiger partial charge in [-0.05, 0) is 51.3 Å². The van der Waals surface area contributed by atoms with Gasteiger partial charge in [0.05, 0.1) is 6.10 Å². The summed E-state index contributed by atoms with van der Waals surface area (Å²) in [6, 6.07) is 0.570. The van der Waals surface area contributed by atoms with Crippen LogP contribution >= 0.6 is 11.8 Å². The van der Waals surface area contributed by atoms with Crippen molar-refractivity contribution in [3.8, 4) is 0 Å². The number of hydrogen-bond donors (Lipinski definition) is 3. The maximum absolute atomic E-state index is 9.52. The predicted octanol–water partition coefficient (Wildman–Crippen LogP) is 1.28. The molecule has 1 atom stereocenters. The van der Waals surface area contributed by atoms with Gasteiger partial charge in [0.2, 0.25) is 0 Å². The highest BCUT2D eigenvalue weighted by atomic mass is 32.2. The predicted molar refractivity (Wildman–Crippen MR) is 95.8 cm³/mol. The Morgan fingerprint density at radius 2 is 2.14 bits per heavy atom. The maximum Gasteiger partial charge on any atom is 0.191 e. The summed E-state index contributed by atoms with van der Waals surface area (Å²) in [7, 11) is 0. The lowest BCUT2D eigenvalue weighted by molar-refractivity contribution is 0.0824. The average molecular weight is 329 g/mol. The number of guanidine groups is 1. The number of thioether (sulfide) groups is 1. The standard InChI is InChI=1S/C16H32N4OS/c1-2-17-16(19-14-5-3-12-22-13-14)18-8-4-9-20-10-6-15(21)7-11-20/h14-15,21H,2-13H2,1H3,(H2,17,18,19). The van der Waals surface area contributed by atoms with Crippen molar-refractivity contribution >= 4 is 17.7 Å². The number of nitrogens with one attached hydrogen (secondary N) is 2. The van der Waals surface area contributed by atoms with Crippen LogP contribution in [0.15, 0.2) is 4.99 Å². The first-order valence-corrected chi connectivity index (χ1v) is 9.96. The molecule has 2 aliphatic rings. The molecule has 6 heteroatoms. The number of hydrogen-bond acceptors (Lipinski definition) is 4. The molecule has 2 saturated heterocycles. The minimum absolute atomic E-state index is 0.0767. The fraction of sp³-hybridized carbons (Fsp3) is 0.938. The molecule has 3 N–H and O–H groups in total. The van der Waals surface area contributed by atoms with Crippen molar-refractivity contribution in [3.05, 3.63) is 0 Å². The van der Waals surface area contributed by atoms with Crippen LogP contribution in [0.3, 0.4) is 0 Å². The van der Waals surface area contributed by atoms with E-state index in [-0.39, 0.29) is 6.10 Å². The van der Waals surface area contributed by atoms with Crippen LogP contribution in [-0.2, 0) is 0 Å². The molecule has 22 heavy (non-hydrogen) atoms. The van der Waals surface area contributed by atoms with Crippen molar-refractivity contribution < 1.29 is 5.11 Å². The molecule has 0 bridgehead atoms. The first kappa shape index (κ1) is 17.9. The van der Waals surface area contributed by atoms with E-state index in [4.69, 9.17) is 4.99 Å². The molecule has 1 unspecified atom stereocenters. The van der Waals surface area contributed by atoms with Crippen molar-refractivity contribution in [2.75, 3.05) is 44.2 Å². The summed E-state index contributed by atoms with van der Waals surface area (Å²) in [5.74, 6) is 3.47. The third-order valence-corrected chi connectivity index (χ3v) is 5.52. The third kappa shape index (κ3) is 6.75. The Kier molecular flexibility index (Phi) is 8.41. The first-order chi connectivity index (χ1) is 10.8. The monoisotopic (exact) mass is 328 g/mol. The summed E-state index contributed by atoms with van der Waals surface area (Å²) in [6.45, 7) is 7.05. The zero-order valence-electron chi connectivity index (χ0n) is 13.9. The Balaban J connectivity index is 1.65. The number of aliphatic hydroxyl groups is 1. The smallest absolute Gasteiger partial charge is 0.191 e. The van der Waals surface area contributed by atoms with Gasteiger partial charge in [-0.15, -0.1) is 0 Å². The Labute approximate surface area is 139 Å². The van der Waals surface area contributed by atoms with Gasteiger partial charge in [-0.25, -0.2) is 0 Å². The Morgan fingerprint density at radius 1 is 1.32 bits per heavy atom. The molecular weight excluding hydrogens is 296 g/mol. The highest BCUT2D eigenvalue weighted by Gasteiger charge is 2.16. The third-order valence-electron chi connectivity index (χ3n) is 4.30. The van der Waals surface area contributed by atoms with Gasteiger partial charge in [0.15, 0.2) is 5.96 Å². The topological polar surface area (TPSA) is 59.9 Å². The van der Waals surface area contributed by atoms with Crippen LogP contribution in [0.5, 0.6) is 0 Å². The summed E-state index contributed by atoms with van der Waals surface area (Å²) in [5.41, 5.74) is 0. The van der Waals surface area contributed by atoms with E-state index >= 15 is 0 Å². The number of rotatable bonds is 6. The molecule has 2 rings (SSSR count). The van der Waals surface area contributed by atoms with Gasteiger partial charge in [0.25, 0.3) is 0 Å². The van der Waals surface area contributed by atoms with Crippen LogP contribution in [0.2, 0.25) is 0 Å². The molecule has 0 aromatic carbocycles. The van der Waals surface area contributed by atoms with Gasteiger partial charge in [0.1, 0.15) is 0 Å². The van der Waals surface area contributed by atoms with E-state index in [1.807, 2.05) is 11.8 Å². The zero-order chi connectivity index (χ0) is 15.6. The van der Waals surface area contributed by atoms with E-state index in [1.165, 1.54) is 24.3 Å². The fourth-order valence-electron chi connectivity index (χ4n) is 3.00. The van der Waals surface area contributed by atoms with Crippen molar-refractivity contribution in [1.29, 1.82) is 0 Å². The van der Waals surface area contributed by atoms with Crippen molar-refractivity contribution in [2.45, 2.75) is 51.2 Å². The summed E-state index contributed by atoms with van der Waals surface area (Å²) >= 11 is 2.04. The van der Waals surface area contributed by atoms with Crippen molar-refractivity contribution in [1.82, 2.24) is 15.5 Å². The lowest BCUT2D eigenvalue weighted by Crippen LogP contribution is -2.45. The quantitative estimate of drug-likeness (QED) is 0.390. The fourth-order valence-corrected chi connectivity index (χ4v) is 4.07. The van der Waals surface area contributed by atoms with Gasteiger partial charge in [-0.2, -0.15) is 11.8 Å². The van der Waals surface area contributed by atoms with Crippen molar-refractivity contribution in [2.24, 2.45) is 4.99 Å². The number of aliphatic imine (C=N–C) groups is 1. The molecule has 0 radical (unpaired) electrons. The van der Waals surface area contributed by atoms with Gasteiger partial charge in [0, 0.05) is 38.0 Å². The minimum atomic E-state index is -0.0767. The molecule has 0 spiro atoms. The summed E-state index contributed by atoms with van der Waals surface area (Å²) in [6.07, 6.45) is 5.43. The van der Waals surface area contributed by atoms with E-state index in [0.29, 0.717) is 6.04 Å². The number of aliphatic hydroxyl groups excluding tert-OH is 1. The Hall–Kier alpha value is -0.460. The normalized spacial score (nSPS) is 25.2. The number of piperidine rings is 1. The largest absolute Gasteiger partial charge is 0.393 e. The zero-order valence-corrected chi connectivity index (χ0v) is 14.7. The van der Waals surface area contributed by atoms with E-state index in [2.05, 4.69) is 22.5 Å². The summed E-state index contributed by atoms with van der Waals surface area (Å²) < 4.78 is 0. The maximum atomic E-state index is 9.52. The summed E-state index contributed by atoms with van der Waals surface area (Å²) in [5, 5.41) is 16.4. The second kappa shape index (κ2) is 10.3. The molecule has 2 aliphatic heterocycles. The second-order valence-electron chi connectivity index (χ2n) is 6.25. The highest BCUT2D eigenvalue weighted by molar-refractivity contribution is 7.99. The van der Waals surface area contributed by atoms with Gasteiger partial charge in [-0.1, -0.05) is 0 Å². The Morgan fingerprint density at radius 3 is 2.82 bits per heavy atom. The van der Waals surface area contributed by atoms with Crippen LogP contribution < -0.4 is 10.6 Å².